The predicted octanol–water partition coefficient (Wildman–Crippen LogP) is 10.8. The molecule has 2 atom stereocenters. The Bertz CT molecular complexity index is 642. The Labute approximate surface area is 274 Å². The van der Waals surface area contributed by atoms with E-state index in [0.29, 0.717) is 18.4 Å². The zero-order chi connectivity index (χ0) is 31.7. The lowest BCUT2D eigenvalue weighted by Crippen LogP contribution is -2.36. The molecule has 0 saturated carbocycles. The molecule has 0 radical (unpaired) electrons. The highest BCUT2D eigenvalue weighted by atomic mass is 79.9. The van der Waals surface area contributed by atoms with E-state index in [1.807, 2.05) is 0 Å². The van der Waals surface area contributed by atoms with Gasteiger partial charge in [-0.3, -0.25) is 13.8 Å². The van der Waals surface area contributed by atoms with Crippen molar-refractivity contribution in [3.63, 3.8) is 0 Å². The van der Waals surface area contributed by atoms with Crippen LogP contribution in [0.15, 0.2) is 0 Å². The number of amides is 1. The van der Waals surface area contributed by atoms with Gasteiger partial charge in [-0.25, -0.2) is 4.57 Å². The molecule has 9 heteroatoms. The third-order valence-corrected chi connectivity index (χ3v) is 9.20. The number of ether oxygens (including phenoxy) is 1. The van der Waals surface area contributed by atoms with Crippen LogP contribution in [0.5, 0.6) is 0 Å². The minimum absolute atomic E-state index is 0.00629. The molecule has 2 N–H and O–H groups in total. The number of nitrogens with one attached hydrogen (secondary N) is 1. The molecule has 0 aliphatic carbocycles. The summed E-state index contributed by atoms with van der Waals surface area (Å²) < 4.78 is 28.0. The van der Waals surface area contributed by atoms with Crippen molar-refractivity contribution in [1.29, 1.82) is 0 Å². The Morgan fingerprint density at radius 2 is 1.07 bits per heavy atom. The quantitative estimate of drug-likeness (QED) is 0.0389. The molecular formula is C34H69BrNO6P. The first-order chi connectivity index (χ1) is 20.9. The van der Waals surface area contributed by atoms with E-state index in [2.05, 4.69) is 35.1 Å². The minimum Gasteiger partial charge on any atom is -0.374 e. The van der Waals surface area contributed by atoms with Gasteiger partial charge in [0.25, 0.3) is 0 Å². The van der Waals surface area contributed by atoms with Gasteiger partial charge in [-0.15, -0.1) is 0 Å². The number of carbonyl (C=O) groups excluding carboxylic acids is 1. The van der Waals surface area contributed by atoms with Gasteiger partial charge in [0, 0.05) is 24.9 Å². The van der Waals surface area contributed by atoms with E-state index in [9.17, 15) is 14.3 Å². The molecule has 0 heterocycles. The summed E-state index contributed by atoms with van der Waals surface area (Å²) in [6.45, 7) is 5.26. The maximum absolute atomic E-state index is 12.4. The molecule has 0 saturated heterocycles. The number of phosphoric acid groups is 1. The highest BCUT2D eigenvalue weighted by Crippen LogP contribution is 2.43. The number of rotatable bonds is 35. The molecule has 0 fully saturated rings. The number of hydrogen-bond donors (Lipinski definition) is 2. The minimum atomic E-state index is -4.14. The van der Waals surface area contributed by atoms with Crippen molar-refractivity contribution in [2.24, 2.45) is 0 Å². The van der Waals surface area contributed by atoms with Crippen LogP contribution in [0.1, 0.15) is 174 Å². The standard InChI is InChI=1S/C34H69BrNO6P/c1-3-5-7-9-11-12-13-14-15-16-17-18-19-20-21-23-25-27-34(37)36-31-33(32-42-43(38,39)41-30-28-35)40-29-26-24-22-10-8-6-4-2/h33H,3-32H2,1-2H3,(H,36,37)(H,38,39). The molecule has 0 spiro atoms. The van der Waals surface area contributed by atoms with E-state index >= 15 is 0 Å². The molecule has 43 heavy (non-hydrogen) atoms. The summed E-state index contributed by atoms with van der Waals surface area (Å²) in [6, 6.07) is 0. The average molecular weight is 699 g/mol. The van der Waals surface area contributed by atoms with E-state index in [1.54, 1.807) is 0 Å². The third-order valence-electron chi connectivity index (χ3n) is 7.89. The van der Waals surface area contributed by atoms with Gasteiger partial charge in [-0.05, 0) is 12.8 Å². The Balaban J connectivity index is 3.92. The summed E-state index contributed by atoms with van der Waals surface area (Å²) in [4.78, 5) is 22.3. The second-order valence-electron chi connectivity index (χ2n) is 12.1. The van der Waals surface area contributed by atoms with Crippen LogP contribution >= 0.6 is 23.8 Å². The first-order valence-electron chi connectivity index (χ1n) is 18.0. The molecule has 2 unspecified atom stereocenters. The third kappa shape index (κ3) is 33.2. The van der Waals surface area contributed by atoms with Crippen LogP contribution in [0, 0.1) is 0 Å². The van der Waals surface area contributed by atoms with Crippen molar-refractivity contribution in [2.45, 2.75) is 180 Å². The van der Waals surface area contributed by atoms with Crippen molar-refractivity contribution >= 4 is 29.7 Å². The normalized spacial score (nSPS) is 13.7. The molecule has 258 valence electrons. The first-order valence-corrected chi connectivity index (χ1v) is 20.6. The second-order valence-corrected chi connectivity index (χ2v) is 14.4. The highest BCUT2D eigenvalue weighted by Gasteiger charge is 2.23. The summed E-state index contributed by atoms with van der Waals surface area (Å²) in [5.41, 5.74) is 0. The zero-order valence-corrected chi connectivity index (χ0v) is 30.6. The van der Waals surface area contributed by atoms with Crippen molar-refractivity contribution in [3.05, 3.63) is 0 Å². The topological polar surface area (TPSA) is 94.1 Å². The Morgan fingerprint density at radius 3 is 1.51 bits per heavy atom. The lowest BCUT2D eigenvalue weighted by Gasteiger charge is -2.20. The van der Waals surface area contributed by atoms with Gasteiger partial charge in [0.15, 0.2) is 0 Å². The van der Waals surface area contributed by atoms with Crippen molar-refractivity contribution in [1.82, 2.24) is 5.32 Å². The van der Waals surface area contributed by atoms with Crippen molar-refractivity contribution in [2.75, 3.05) is 31.7 Å². The monoisotopic (exact) mass is 697 g/mol. The number of phosphoric ester groups is 1. The van der Waals surface area contributed by atoms with Crippen LogP contribution in [0.25, 0.3) is 0 Å². The van der Waals surface area contributed by atoms with Crippen LogP contribution in [0.3, 0.4) is 0 Å². The molecule has 0 aromatic rings. The van der Waals surface area contributed by atoms with Gasteiger partial charge in [0.1, 0.15) is 0 Å². The smallest absolute Gasteiger partial charge is 0.374 e. The van der Waals surface area contributed by atoms with Gasteiger partial charge < -0.3 is 14.9 Å². The fraction of sp³-hybridized carbons (Fsp3) is 0.971. The lowest BCUT2D eigenvalue weighted by atomic mass is 10.0. The molecule has 0 rings (SSSR count). The average Bonchev–Trinajstić information content (AvgIpc) is 3.00. The van der Waals surface area contributed by atoms with Crippen LogP contribution in [0.4, 0.5) is 0 Å². The lowest BCUT2D eigenvalue weighted by molar-refractivity contribution is -0.122. The molecule has 0 aliphatic rings. The maximum atomic E-state index is 12.4. The summed E-state index contributed by atoms with van der Waals surface area (Å²) in [6.07, 6.45) is 30.7. The van der Waals surface area contributed by atoms with Gasteiger partial charge in [-0.1, -0.05) is 171 Å². The van der Waals surface area contributed by atoms with Crippen LogP contribution in [-0.4, -0.2) is 48.6 Å². The van der Waals surface area contributed by atoms with E-state index in [4.69, 9.17) is 13.8 Å². The number of carbonyl (C=O) groups is 1. The van der Waals surface area contributed by atoms with E-state index in [-0.39, 0.29) is 25.7 Å². The largest absolute Gasteiger partial charge is 0.472 e. The predicted molar refractivity (Wildman–Crippen MR) is 185 cm³/mol. The van der Waals surface area contributed by atoms with Crippen molar-refractivity contribution < 1.29 is 28.0 Å². The molecule has 1 amide bonds. The zero-order valence-electron chi connectivity index (χ0n) is 28.1. The molecule has 0 aromatic heterocycles. The Kier molecular flexibility index (Phi) is 33.4. The number of alkyl halides is 1. The number of unbranched alkanes of at least 4 members (excludes halogenated alkanes) is 22. The fourth-order valence-electron chi connectivity index (χ4n) is 5.17. The van der Waals surface area contributed by atoms with Crippen LogP contribution < -0.4 is 5.32 Å². The molecule has 0 bridgehead atoms. The van der Waals surface area contributed by atoms with Crippen LogP contribution in [-0.2, 0) is 23.1 Å². The molecular weight excluding hydrogens is 629 g/mol. The van der Waals surface area contributed by atoms with Gasteiger partial charge in [0.2, 0.25) is 5.91 Å². The highest BCUT2D eigenvalue weighted by molar-refractivity contribution is 9.09. The maximum Gasteiger partial charge on any atom is 0.472 e. The molecule has 0 aliphatic heterocycles. The van der Waals surface area contributed by atoms with Gasteiger partial charge >= 0.3 is 7.82 Å². The van der Waals surface area contributed by atoms with E-state index < -0.39 is 13.9 Å². The van der Waals surface area contributed by atoms with Gasteiger partial charge in [-0.2, -0.15) is 0 Å². The van der Waals surface area contributed by atoms with Gasteiger partial charge in [0.05, 0.1) is 19.3 Å². The second kappa shape index (κ2) is 33.4. The number of hydrogen-bond acceptors (Lipinski definition) is 5. The summed E-state index contributed by atoms with van der Waals surface area (Å²) in [5.74, 6) is -0.00629. The fourth-order valence-corrected chi connectivity index (χ4v) is 6.33. The Morgan fingerprint density at radius 1 is 0.651 bits per heavy atom. The van der Waals surface area contributed by atoms with E-state index in [1.165, 1.54) is 128 Å². The van der Waals surface area contributed by atoms with Crippen LogP contribution in [0.2, 0.25) is 0 Å². The summed E-state index contributed by atoms with van der Waals surface area (Å²) in [5, 5.41) is 3.37. The Hall–Kier alpha value is 0.0200. The molecule has 7 nitrogen and oxygen atoms in total. The number of halogens is 1. The van der Waals surface area contributed by atoms with E-state index in [0.717, 1.165) is 25.7 Å². The summed E-state index contributed by atoms with van der Waals surface area (Å²) >= 11 is 3.17. The SMILES string of the molecule is CCCCCCCCCCCCCCCCCCCC(=O)NCC(COP(=O)(O)OCCBr)OCCCCCCCCC. The first kappa shape index (κ1) is 43.0. The molecule has 0 aromatic carbocycles. The summed E-state index contributed by atoms with van der Waals surface area (Å²) in [7, 11) is -4.14. The van der Waals surface area contributed by atoms with Crippen molar-refractivity contribution in [3.8, 4) is 0 Å².